The van der Waals surface area contributed by atoms with E-state index in [-0.39, 0.29) is 11.9 Å². The molecule has 6 heteroatoms. The molecule has 0 spiro atoms. The maximum atomic E-state index is 11.9. The summed E-state index contributed by atoms with van der Waals surface area (Å²) < 4.78 is 0. The van der Waals surface area contributed by atoms with Crippen LogP contribution in [0.5, 0.6) is 0 Å². The molecule has 3 nitrogen and oxygen atoms in total. The Labute approximate surface area is 121 Å². The lowest BCUT2D eigenvalue weighted by Gasteiger charge is -2.22. The quantitative estimate of drug-likeness (QED) is 0.902. The van der Waals surface area contributed by atoms with Crippen molar-refractivity contribution in [2.75, 3.05) is 23.4 Å². The topological polar surface area (TPSA) is 41.1 Å². The largest absolute Gasteiger partial charge is 0.326 e. The number of nitrogens with one attached hydrogen (secondary N) is 2. The van der Waals surface area contributed by atoms with Crippen molar-refractivity contribution in [3.05, 3.63) is 28.2 Å². The van der Waals surface area contributed by atoms with Crippen molar-refractivity contribution in [2.24, 2.45) is 0 Å². The molecule has 0 aliphatic carbocycles. The predicted molar refractivity (Wildman–Crippen MR) is 78.8 cm³/mol. The van der Waals surface area contributed by atoms with Crippen LogP contribution in [0.2, 0.25) is 10.0 Å². The van der Waals surface area contributed by atoms with Gasteiger partial charge in [-0.15, -0.1) is 0 Å². The van der Waals surface area contributed by atoms with Crippen LogP contribution >= 0.6 is 35.0 Å². The van der Waals surface area contributed by atoms with Crippen LogP contribution < -0.4 is 10.6 Å². The molecule has 18 heavy (non-hydrogen) atoms. The Hall–Kier alpha value is -0.420. The standard InChI is InChI=1S/C12H14Cl2N2OS/c13-8-3-9(14)5-10(4-8)16-12(17)6-11-7-18-2-1-15-11/h3-5,11,15H,1-2,6-7H2,(H,16,17). The molecule has 1 aromatic rings. The number of hydrogen-bond acceptors (Lipinski definition) is 3. The number of hydrogen-bond donors (Lipinski definition) is 2. The lowest BCUT2D eigenvalue weighted by molar-refractivity contribution is -0.116. The maximum Gasteiger partial charge on any atom is 0.225 e. The number of rotatable bonds is 3. The van der Waals surface area contributed by atoms with E-state index in [2.05, 4.69) is 10.6 Å². The van der Waals surface area contributed by atoms with Crippen molar-refractivity contribution in [2.45, 2.75) is 12.5 Å². The number of halogens is 2. The minimum atomic E-state index is -0.0201. The number of carbonyl (C=O) groups is 1. The van der Waals surface area contributed by atoms with E-state index in [0.717, 1.165) is 18.1 Å². The van der Waals surface area contributed by atoms with E-state index < -0.39 is 0 Å². The molecule has 1 saturated heterocycles. The van der Waals surface area contributed by atoms with Crippen LogP contribution in [0, 0.1) is 0 Å². The van der Waals surface area contributed by atoms with Gasteiger partial charge < -0.3 is 10.6 Å². The van der Waals surface area contributed by atoms with E-state index >= 15 is 0 Å². The number of anilines is 1. The van der Waals surface area contributed by atoms with E-state index in [1.165, 1.54) is 0 Å². The summed E-state index contributed by atoms with van der Waals surface area (Å²) in [5.74, 6) is 2.07. The molecule has 2 N–H and O–H groups in total. The first-order valence-electron chi connectivity index (χ1n) is 5.70. The molecule has 0 saturated carbocycles. The van der Waals surface area contributed by atoms with Crippen molar-refractivity contribution in [1.29, 1.82) is 0 Å². The maximum absolute atomic E-state index is 11.9. The first kappa shape index (κ1) is 14.0. The highest BCUT2D eigenvalue weighted by Crippen LogP contribution is 2.22. The van der Waals surface area contributed by atoms with Gasteiger partial charge in [-0.2, -0.15) is 11.8 Å². The minimum Gasteiger partial charge on any atom is -0.326 e. The van der Waals surface area contributed by atoms with Crippen LogP contribution in [0.15, 0.2) is 18.2 Å². The third kappa shape index (κ3) is 4.35. The first-order chi connectivity index (χ1) is 8.63. The zero-order valence-electron chi connectivity index (χ0n) is 9.71. The molecule has 0 radical (unpaired) electrons. The molecular formula is C12H14Cl2N2OS. The molecule has 1 heterocycles. The summed E-state index contributed by atoms with van der Waals surface area (Å²) in [6, 6.07) is 5.26. The van der Waals surface area contributed by atoms with Gasteiger partial charge >= 0.3 is 0 Å². The van der Waals surface area contributed by atoms with Crippen LogP contribution in [-0.2, 0) is 4.79 Å². The van der Waals surface area contributed by atoms with E-state index in [0.29, 0.717) is 22.2 Å². The second-order valence-electron chi connectivity index (χ2n) is 4.14. The van der Waals surface area contributed by atoms with Crippen LogP contribution in [0.25, 0.3) is 0 Å². The molecule has 98 valence electrons. The predicted octanol–water partition coefficient (Wildman–Crippen LogP) is 3.03. The number of thioether (sulfide) groups is 1. The highest BCUT2D eigenvalue weighted by Gasteiger charge is 2.16. The van der Waals surface area contributed by atoms with Crippen molar-refractivity contribution in [3.63, 3.8) is 0 Å². The number of amides is 1. The van der Waals surface area contributed by atoms with Crippen LogP contribution in [0.3, 0.4) is 0 Å². The third-order valence-electron chi connectivity index (χ3n) is 2.58. The highest BCUT2D eigenvalue weighted by atomic mass is 35.5. The summed E-state index contributed by atoms with van der Waals surface area (Å²) in [7, 11) is 0. The van der Waals surface area contributed by atoms with Gasteiger partial charge in [-0.05, 0) is 18.2 Å². The molecule has 1 aliphatic heterocycles. The Bertz CT molecular complexity index is 416. The van der Waals surface area contributed by atoms with Gasteiger partial charge in [-0.1, -0.05) is 23.2 Å². The van der Waals surface area contributed by atoms with E-state index in [1.807, 2.05) is 11.8 Å². The normalized spacial score (nSPS) is 19.6. The molecular weight excluding hydrogens is 291 g/mol. The lowest BCUT2D eigenvalue weighted by Crippen LogP contribution is -2.39. The molecule has 1 atom stereocenters. The average Bonchev–Trinajstić information content (AvgIpc) is 2.28. The van der Waals surface area contributed by atoms with Gasteiger partial charge in [0.05, 0.1) is 0 Å². The van der Waals surface area contributed by atoms with Gasteiger partial charge in [0.2, 0.25) is 5.91 Å². The van der Waals surface area contributed by atoms with Gasteiger partial charge in [0.15, 0.2) is 0 Å². The van der Waals surface area contributed by atoms with Crippen molar-refractivity contribution >= 4 is 46.6 Å². The Morgan fingerprint density at radius 3 is 2.72 bits per heavy atom. The Morgan fingerprint density at radius 2 is 2.11 bits per heavy atom. The smallest absolute Gasteiger partial charge is 0.225 e. The van der Waals surface area contributed by atoms with E-state index in [4.69, 9.17) is 23.2 Å². The zero-order chi connectivity index (χ0) is 13.0. The summed E-state index contributed by atoms with van der Waals surface area (Å²) in [6.45, 7) is 0.964. The van der Waals surface area contributed by atoms with Crippen LogP contribution in [-0.4, -0.2) is 30.0 Å². The average molecular weight is 305 g/mol. The van der Waals surface area contributed by atoms with Crippen molar-refractivity contribution in [3.8, 4) is 0 Å². The Morgan fingerprint density at radius 1 is 1.39 bits per heavy atom. The van der Waals surface area contributed by atoms with Gasteiger partial charge in [0.25, 0.3) is 0 Å². The van der Waals surface area contributed by atoms with Crippen LogP contribution in [0.1, 0.15) is 6.42 Å². The fraction of sp³-hybridized carbons (Fsp3) is 0.417. The second kappa shape index (κ2) is 6.66. The van der Waals surface area contributed by atoms with Crippen molar-refractivity contribution in [1.82, 2.24) is 5.32 Å². The van der Waals surface area contributed by atoms with Crippen LogP contribution in [0.4, 0.5) is 5.69 Å². The molecule has 0 aromatic heterocycles. The molecule has 1 unspecified atom stereocenters. The molecule has 2 rings (SSSR count). The summed E-state index contributed by atoms with van der Waals surface area (Å²) in [4.78, 5) is 11.9. The first-order valence-corrected chi connectivity index (χ1v) is 7.61. The summed E-state index contributed by atoms with van der Waals surface area (Å²) >= 11 is 13.6. The lowest BCUT2D eigenvalue weighted by atomic mass is 10.2. The molecule has 1 aromatic carbocycles. The zero-order valence-corrected chi connectivity index (χ0v) is 12.0. The molecule has 1 fully saturated rings. The fourth-order valence-electron chi connectivity index (χ4n) is 1.81. The minimum absolute atomic E-state index is 0.0201. The molecule has 1 amide bonds. The summed E-state index contributed by atoms with van der Waals surface area (Å²) in [5.41, 5.74) is 0.640. The SMILES string of the molecule is O=C(CC1CSCCN1)Nc1cc(Cl)cc(Cl)c1. The van der Waals surface area contributed by atoms with Gasteiger partial charge in [0.1, 0.15) is 0 Å². The number of carbonyl (C=O) groups excluding carboxylic acids is 1. The molecule has 0 bridgehead atoms. The molecule has 1 aliphatic rings. The summed E-state index contributed by atoms with van der Waals surface area (Å²) in [6.07, 6.45) is 0.469. The summed E-state index contributed by atoms with van der Waals surface area (Å²) in [5, 5.41) is 7.17. The Kier molecular flexibility index (Phi) is 5.18. The number of benzene rings is 1. The van der Waals surface area contributed by atoms with Gasteiger partial charge in [-0.3, -0.25) is 4.79 Å². The van der Waals surface area contributed by atoms with E-state index in [1.54, 1.807) is 18.2 Å². The monoisotopic (exact) mass is 304 g/mol. The van der Waals surface area contributed by atoms with E-state index in [9.17, 15) is 4.79 Å². The highest BCUT2D eigenvalue weighted by molar-refractivity contribution is 7.99. The second-order valence-corrected chi connectivity index (χ2v) is 6.16. The Balaban J connectivity index is 1.89. The fourth-order valence-corrected chi connectivity index (χ4v) is 3.29. The van der Waals surface area contributed by atoms with Crippen molar-refractivity contribution < 1.29 is 4.79 Å². The van der Waals surface area contributed by atoms with Gasteiger partial charge in [-0.25, -0.2) is 0 Å². The third-order valence-corrected chi connectivity index (χ3v) is 4.14. The van der Waals surface area contributed by atoms with Gasteiger partial charge in [0, 0.05) is 46.2 Å².